The van der Waals surface area contributed by atoms with Crippen LogP contribution in [0.3, 0.4) is 0 Å². The predicted molar refractivity (Wildman–Crippen MR) is 161 cm³/mol. The maximum Gasteiger partial charge on any atom is 0.264 e. The maximum atomic E-state index is 14.0. The lowest BCUT2D eigenvalue weighted by molar-refractivity contribution is -0.139. The molecule has 0 aliphatic rings. The van der Waals surface area contributed by atoms with Gasteiger partial charge in [0.05, 0.1) is 10.6 Å². The lowest BCUT2D eigenvalue weighted by Gasteiger charge is -2.32. The van der Waals surface area contributed by atoms with Gasteiger partial charge in [-0.2, -0.15) is 0 Å². The zero-order valence-electron chi connectivity index (χ0n) is 23.9. The molecule has 3 rings (SSSR count). The van der Waals surface area contributed by atoms with Crippen molar-refractivity contribution in [2.45, 2.75) is 59.0 Å². The molecule has 0 saturated carbocycles. The van der Waals surface area contributed by atoms with E-state index in [0.29, 0.717) is 22.8 Å². The maximum absolute atomic E-state index is 14.0. The summed E-state index contributed by atoms with van der Waals surface area (Å²) in [5, 5.41) is 3.44. The Bertz CT molecular complexity index is 1440. The van der Waals surface area contributed by atoms with Gasteiger partial charge in [0.1, 0.15) is 12.6 Å². The normalized spacial score (nSPS) is 12.2. The highest BCUT2D eigenvalue weighted by Crippen LogP contribution is 2.29. The molecule has 9 heteroatoms. The molecule has 0 heterocycles. The van der Waals surface area contributed by atoms with Crippen molar-refractivity contribution in [3.8, 4) is 0 Å². The third-order valence-electron chi connectivity index (χ3n) is 6.64. The third-order valence-corrected chi connectivity index (χ3v) is 8.67. The van der Waals surface area contributed by atoms with E-state index < -0.39 is 28.5 Å². The zero-order valence-corrected chi connectivity index (χ0v) is 25.5. The summed E-state index contributed by atoms with van der Waals surface area (Å²) in [5.74, 6) is -0.578. The Hall–Kier alpha value is -3.36. The van der Waals surface area contributed by atoms with Crippen molar-refractivity contribution in [2.24, 2.45) is 5.92 Å². The fraction of sp³-hybridized carbons (Fsp3) is 0.355. The largest absolute Gasteiger partial charge is 0.354 e. The van der Waals surface area contributed by atoms with E-state index in [-0.39, 0.29) is 23.3 Å². The minimum Gasteiger partial charge on any atom is -0.354 e. The van der Waals surface area contributed by atoms with Crippen LogP contribution in [0.25, 0.3) is 0 Å². The molecular formula is C31H38ClN3O4S. The van der Waals surface area contributed by atoms with Gasteiger partial charge in [-0.05, 0) is 80.6 Å². The molecular weight excluding hydrogens is 546 g/mol. The molecule has 0 spiro atoms. The van der Waals surface area contributed by atoms with Crippen LogP contribution in [-0.2, 0) is 26.2 Å². The second kappa shape index (κ2) is 13.3. The number of anilines is 1. The molecule has 0 aromatic heterocycles. The minimum absolute atomic E-state index is 0.0822. The highest BCUT2D eigenvalue weighted by atomic mass is 35.5. The second-order valence-electron chi connectivity index (χ2n) is 10.6. The third kappa shape index (κ3) is 7.86. The quantitative estimate of drug-likeness (QED) is 0.316. The Morgan fingerprint density at radius 3 is 2.08 bits per heavy atom. The Morgan fingerprint density at radius 2 is 1.48 bits per heavy atom. The zero-order chi connectivity index (χ0) is 29.6. The first-order valence-electron chi connectivity index (χ1n) is 13.3. The van der Waals surface area contributed by atoms with Crippen LogP contribution in [-0.4, -0.2) is 44.3 Å². The van der Waals surface area contributed by atoms with Gasteiger partial charge in [0.2, 0.25) is 11.8 Å². The average Bonchev–Trinajstić information content (AvgIpc) is 2.91. The van der Waals surface area contributed by atoms with Gasteiger partial charge in [0.15, 0.2) is 0 Å². The average molecular weight is 584 g/mol. The molecule has 0 radical (unpaired) electrons. The molecule has 0 aliphatic carbocycles. The summed E-state index contributed by atoms with van der Waals surface area (Å²) < 4.78 is 29.2. The number of carbonyl (C=O) groups is 2. The molecule has 1 N–H and O–H groups in total. The number of amides is 2. The van der Waals surface area contributed by atoms with Crippen molar-refractivity contribution < 1.29 is 18.0 Å². The highest BCUT2D eigenvalue weighted by molar-refractivity contribution is 7.92. The van der Waals surface area contributed by atoms with Crippen molar-refractivity contribution >= 4 is 39.1 Å². The summed E-state index contributed by atoms with van der Waals surface area (Å²) in [6, 6.07) is 18.2. The molecule has 0 unspecified atom stereocenters. The molecule has 40 heavy (non-hydrogen) atoms. The van der Waals surface area contributed by atoms with E-state index in [2.05, 4.69) is 5.32 Å². The molecule has 3 aromatic rings. The Balaban J connectivity index is 2.05. The summed E-state index contributed by atoms with van der Waals surface area (Å²) in [7, 11) is -4.12. The Kier molecular flexibility index (Phi) is 10.4. The van der Waals surface area contributed by atoms with Crippen molar-refractivity contribution in [1.82, 2.24) is 10.2 Å². The predicted octanol–water partition coefficient (Wildman–Crippen LogP) is 5.65. The lowest BCUT2D eigenvalue weighted by Crippen LogP contribution is -2.51. The molecule has 3 aromatic carbocycles. The van der Waals surface area contributed by atoms with Crippen LogP contribution in [0, 0.1) is 26.7 Å². The van der Waals surface area contributed by atoms with Gasteiger partial charge in [-0.3, -0.25) is 13.9 Å². The van der Waals surface area contributed by atoms with E-state index in [1.54, 1.807) is 61.5 Å². The van der Waals surface area contributed by atoms with Gasteiger partial charge in [-0.25, -0.2) is 8.42 Å². The van der Waals surface area contributed by atoms with E-state index in [1.165, 1.54) is 4.90 Å². The summed E-state index contributed by atoms with van der Waals surface area (Å²) in [6.07, 6.45) is 0. The van der Waals surface area contributed by atoms with Gasteiger partial charge in [-0.15, -0.1) is 0 Å². The van der Waals surface area contributed by atoms with Gasteiger partial charge < -0.3 is 10.2 Å². The molecule has 2 amide bonds. The number of nitrogens with one attached hydrogen (secondary N) is 1. The number of nitrogens with zero attached hydrogens (tertiary/aromatic N) is 2. The SMILES string of the molecule is Cc1ccc(S(=O)(=O)N(CC(=O)N(Cc2ccc(Cl)cc2)[C@@H](C)C(=O)NCC(C)C)c2cc(C)ccc2C)cc1. The van der Waals surface area contributed by atoms with Crippen molar-refractivity contribution in [2.75, 3.05) is 17.4 Å². The van der Waals surface area contributed by atoms with Crippen LogP contribution in [0.4, 0.5) is 5.69 Å². The van der Waals surface area contributed by atoms with Crippen molar-refractivity contribution in [1.29, 1.82) is 0 Å². The van der Waals surface area contributed by atoms with Crippen LogP contribution in [0.15, 0.2) is 71.6 Å². The first-order valence-corrected chi connectivity index (χ1v) is 15.1. The minimum atomic E-state index is -4.12. The first kappa shape index (κ1) is 31.2. The summed E-state index contributed by atoms with van der Waals surface area (Å²) >= 11 is 6.06. The van der Waals surface area contributed by atoms with Gasteiger partial charge in [0, 0.05) is 18.1 Å². The highest BCUT2D eigenvalue weighted by Gasteiger charge is 2.33. The first-order chi connectivity index (χ1) is 18.8. The van der Waals surface area contributed by atoms with E-state index in [0.717, 1.165) is 21.0 Å². The summed E-state index contributed by atoms with van der Waals surface area (Å²) in [5.41, 5.74) is 3.67. The number of rotatable bonds is 11. The summed E-state index contributed by atoms with van der Waals surface area (Å²) in [6.45, 7) is 11.3. The summed E-state index contributed by atoms with van der Waals surface area (Å²) in [4.78, 5) is 28.6. The molecule has 0 saturated heterocycles. The number of halogens is 1. The number of hydrogen-bond acceptors (Lipinski definition) is 4. The standard InChI is InChI=1S/C31H38ClN3O4S/c1-21(2)18-33-31(37)25(6)34(19-26-11-13-27(32)14-12-26)30(36)20-35(29-17-23(4)7-10-24(29)5)40(38,39)28-15-8-22(3)9-16-28/h7-17,21,25H,18-20H2,1-6H3,(H,33,37)/t25-/m0/s1. The molecule has 0 bridgehead atoms. The number of carbonyl (C=O) groups excluding carboxylic acids is 2. The topological polar surface area (TPSA) is 86.8 Å². The lowest BCUT2D eigenvalue weighted by atomic mass is 10.1. The number of benzene rings is 3. The van der Waals surface area contributed by atoms with Crippen molar-refractivity contribution in [3.63, 3.8) is 0 Å². The molecule has 7 nitrogen and oxygen atoms in total. The molecule has 0 aliphatic heterocycles. The van der Waals surface area contributed by atoms with E-state index in [9.17, 15) is 18.0 Å². The Morgan fingerprint density at radius 1 is 0.875 bits per heavy atom. The van der Waals surface area contributed by atoms with Crippen LogP contribution in [0.1, 0.15) is 43.0 Å². The van der Waals surface area contributed by atoms with Gasteiger partial charge in [-0.1, -0.05) is 67.4 Å². The van der Waals surface area contributed by atoms with Crippen LogP contribution in [0.2, 0.25) is 5.02 Å². The molecule has 1 atom stereocenters. The number of aryl methyl sites for hydroxylation is 3. The van der Waals surface area contributed by atoms with Crippen molar-refractivity contribution in [3.05, 3.63) is 94.0 Å². The molecule has 0 fully saturated rings. The number of hydrogen-bond donors (Lipinski definition) is 1. The van der Waals surface area contributed by atoms with Gasteiger partial charge >= 0.3 is 0 Å². The fourth-order valence-corrected chi connectivity index (χ4v) is 5.76. The van der Waals surface area contributed by atoms with Crippen LogP contribution >= 0.6 is 11.6 Å². The number of sulfonamides is 1. The van der Waals surface area contributed by atoms with E-state index in [1.807, 2.05) is 46.8 Å². The second-order valence-corrected chi connectivity index (χ2v) is 12.9. The van der Waals surface area contributed by atoms with Crippen LogP contribution in [0.5, 0.6) is 0 Å². The van der Waals surface area contributed by atoms with Gasteiger partial charge in [0.25, 0.3) is 10.0 Å². The Labute approximate surface area is 243 Å². The van der Waals surface area contributed by atoms with Crippen LogP contribution < -0.4 is 9.62 Å². The smallest absolute Gasteiger partial charge is 0.264 e. The van der Waals surface area contributed by atoms with E-state index >= 15 is 0 Å². The molecule has 214 valence electrons. The van der Waals surface area contributed by atoms with E-state index in [4.69, 9.17) is 11.6 Å². The monoisotopic (exact) mass is 583 g/mol. The fourth-order valence-electron chi connectivity index (χ4n) is 4.16.